The molecule has 0 atom stereocenters. The van der Waals surface area contributed by atoms with Gasteiger partial charge >= 0.3 is 5.97 Å². The summed E-state index contributed by atoms with van der Waals surface area (Å²) in [4.78, 5) is 44.2. The maximum Gasteiger partial charge on any atom is 0.345 e. The Hall–Kier alpha value is -3.37. The van der Waals surface area contributed by atoms with Gasteiger partial charge in [0.05, 0.1) is 34.3 Å². The normalized spacial score (nSPS) is 13.5. The van der Waals surface area contributed by atoms with Gasteiger partial charge in [-0.05, 0) is 42.1 Å². The second-order valence-electron chi connectivity index (χ2n) is 8.16. The zero-order valence-corrected chi connectivity index (χ0v) is 21.5. The number of anilines is 1. The maximum atomic E-state index is 13.8. The number of esters is 1. The van der Waals surface area contributed by atoms with E-state index in [0.29, 0.717) is 52.9 Å². The number of ether oxygens (including phenoxy) is 1. The van der Waals surface area contributed by atoms with Crippen LogP contribution in [0.1, 0.15) is 38.2 Å². The lowest BCUT2D eigenvalue weighted by Gasteiger charge is -2.37. The lowest BCUT2D eigenvalue weighted by atomic mass is 10.1. The van der Waals surface area contributed by atoms with E-state index in [2.05, 4.69) is 6.58 Å². The highest BCUT2D eigenvalue weighted by Crippen LogP contribution is 2.32. The molecule has 1 amide bonds. The number of halogens is 1. The fourth-order valence-electron chi connectivity index (χ4n) is 4.28. The van der Waals surface area contributed by atoms with Gasteiger partial charge in [0.2, 0.25) is 0 Å². The summed E-state index contributed by atoms with van der Waals surface area (Å²) in [6.45, 7) is 7.28. The van der Waals surface area contributed by atoms with Crippen molar-refractivity contribution < 1.29 is 18.7 Å². The Labute approximate surface area is 217 Å². The first-order valence-corrected chi connectivity index (χ1v) is 12.8. The number of piperazine rings is 1. The molecule has 3 heterocycles. The van der Waals surface area contributed by atoms with Gasteiger partial charge in [0.1, 0.15) is 11.4 Å². The second-order valence-corrected chi connectivity index (χ2v) is 9.55. The van der Waals surface area contributed by atoms with E-state index in [0.717, 1.165) is 0 Å². The summed E-state index contributed by atoms with van der Waals surface area (Å²) >= 11 is 6.11. The van der Waals surface area contributed by atoms with E-state index in [1.54, 1.807) is 30.0 Å². The van der Waals surface area contributed by atoms with Crippen molar-refractivity contribution in [3.05, 3.63) is 86.2 Å². The molecule has 188 valence electrons. The number of nitrogens with zero attached hydrogens (tertiary/aromatic N) is 3. The van der Waals surface area contributed by atoms with Crippen molar-refractivity contribution in [2.45, 2.75) is 18.4 Å². The van der Waals surface area contributed by atoms with E-state index in [-0.39, 0.29) is 24.6 Å². The number of pyridine rings is 1. The topological polar surface area (TPSA) is 71.9 Å². The molecule has 3 aromatic rings. The molecule has 2 aromatic heterocycles. The Balaban J connectivity index is 1.73. The highest BCUT2D eigenvalue weighted by molar-refractivity contribution is 7.80. The van der Waals surface area contributed by atoms with Crippen LogP contribution in [0, 0.1) is 5.82 Å². The number of hydrogen-bond donors (Lipinski definition) is 1. The first kappa shape index (κ1) is 25.7. The summed E-state index contributed by atoms with van der Waals surface area (Å²) in [7, 11) is 0. The minimum absolute atomic E-state index is 0.0291. The minimum atomic E-state index is -0.756. The predicted molar refractivity (Wildman–Crippen MR) is 142 cm³/mol. The van der Waals surface area contributed by atoms with E-state index < -0.39 is 17.3 Å². The van der Waals surface area contributed by atoms with Crippen LogP contribution in [0.2, 0.25) is 0 Å². The molecule has 0 radical (unpaired) electrons. The van der Waals surface area contributed by atoms with Crippen molar-refractivity contribution >= 4 is 47.6 Å². The third-order valence-corrected chi connectivity index (χ3v) is 7.27. The molecule has 1 aromatic carbocycles. The van der Waals surface area contributed by atoms with Crippen molar-refractivity contribution in [2.75, 3.05) is 37.7 Å². The van der Waals surface area contributed by atoms with Crippen molar-refractivity contribution in [3.8, 4) is 0 Å². The number of carbonyl (C=O) groups is 2. The van der Waals surface area contributed by atoms with Crippen molar-refractivity contribution in [2.24, 2.45) is 0 Å². The molecular weight excluding hydrogens is 501 g/mol. The van der Waals surface area contributed by atoms with Crippen LogP contribution >= 0.6 is 24.0 Å². The molecule has 10 heteroatoms. The quantitative estimate of drug-likeness (QED) is 0.369. The van der Waals surface area contributed by atoms with Gasteiger partial charge in [-0.15, -0.1) is 24.0 Å². The molecular formula is C26H26FN3O4S2. The summed E-state index contributed by atoms with van der Waals surface area (Å²) in [5.74, 6) is -1.23. The Morgan fingerprint density at radius 2 is 1.94 bits per heavy atom. The molecule has 0 spiro atoms. The average Bonchev–Trinajstić information content (AvgIpc) is 3.41. The molecule has 0 unspecified atom stereocenters. The van der Waals surface area contributed by atoms with Crippen LogP contribution in [0.3, 0.4) is 0 Å². The smallest absolute Gasteiger partial charge is 0.345 e. The Bertz CT molecular complexity index is 1350. The molecule has 7 nitrogen and oxygen atoms in total. The number of carbonyl (C=O) groups excluding carboxylic acids is 2. The molecule has 4 rings (SSSR count). The van der Waals surface area contributed by atoms with Gasteiger partial charge in [-0.3, -0.25) is 9.59 Å². The van der Waals surface area contributed by atoms with Crippen LogP contribution in [0.4, 0.5) is 10.1 Å². The van der Waals surface area contributed by atoms with Crippen LogP contribution in [-0.4, -0.2) is 54.1 Å². The van der Waals surface area contributed by atoms with E-state index in [1.807, 2.05) is 16.3 Å². The predicted octanol–water partition coefficient (Wildman–Crippen LogP) is 4.17. The van der Waals surface area contributed by atoms with Crippen molar-refractivity contribution in [3.63, 3.8) is 0 Å². The highest BCUT2D eigenvalue weighted by Gasteiger charge is 2.31. The van der Waals surface area contributed by atoms with Crippen LogP contribution in [0.15, 0.2) is 58.0 Å². The van der Waals surface area contributed by atoms with Gasteiger partial charge in [-0.25, -0.2) is 9.18 Å². The first-order chi connectivity index (χ1) is 17.3. The number of thiophene rings is 1. The van der Waals surface area contributed by atoms with Crippen molar-refractivity contribution in [1.29, 1.82) is 0 Å². The average molecular weight is 528 g/mol. The number of thiol groups is 1. The molecule has 0 saturated carbocycles. The fourth-order valence-corrected chi connectivity index (χ4v) is 5.44. The van der Waals surface area contributed by atoms with E-state index in [9.17, 15) is 18.8 Å². The van der Waals surface area contributed by atoms with Crippen LogP contribution in [-0.2, 0) is 11.3 Å². The molecule has 0 bridgehead atoms. The molecule has 1 fully saturated rings. The van der Waals surface area contributed by atoms with E-state index >= 15 is 0 Å². The zero-order valence-electron chi connectivity index (χ0n) is 19.8. The van der Waals surface area contributed by atoms with Gasteiger partial charge < -0.3 is 19.1 Å². The fraction of sp³-hybridized carbons (Fsp3) is 0.269. The Morgan fingerprint density at radius 3 is 2.56 bits per heavy atom. The number of benzene rings is 1. The summed E-state index contributed by atoms with van der Waals surface area (Å²) in [6.07, 6.45) is 1.50. The lowest BCUT2D eigenvalue weighted by Crippen LogP contribution is -2.50. The number of aromatic nitrogens is 1. The van der Waals surface area contributed by atoms with Gasteiger partial charge in [0.25, 0.3) is 11.5 Å². The van der Waals surface area contributed by atoms with E-state index in [1.165, 1.54) is 34.1 Å². The summed E-state index contributed by atoms with van der Waals surface area (Å²) in [6, 6.07) is 9.53. The second kappa shape index (κ2) is 11.1. The molecule has 1 saturated heterocycles. The largest absolute Gasteiger partial charge is 0.462 e. The Morgan fingerprint density at radius 1 is 1.19 bits per heavy atom. The minimum Gasteiger partial charge on any atom is -0.462 e. The zero-order chi connectivity index (χ0) is 25.8. The molecule has 0 aliphatic carbocycles. The van der Waals surface area contributed by atoms with Crippen LogP contribution in [0.25, 0.3) is 6.08 Å². The van der Waals surface area contributed by atoms with Gasteiger partial charge in [0, 0.05) is 26.2 Å². The lowest BCUT2D eigenvalue weighted by molar-refractivity contribution is 0.0522. The number of hydrogen-bond acceptors (Lipinski definition) is 7. The van der Waals surface area contributed by atoms with Crippen LogP contribution in [0.5, 0.6) is 0 Å². The maximum absolute atomic E-state index is 13.8. The summed E-state index contributed by atoms with van der Waals surface area (Å²) < 4.78 is 20.4. The third kappa shape index (κ3) is 5.10. The first-order valence-electron chi connectivity index (χ1n) is 11.5. The highest BCUT2D eigenvalue weighted by atomic mass is 32.1. The van der Waals surface area contributed by atoms with Gasteiger partial charge in [-0.1, -0.05) is 24.8 Å². The molecule has 1 aliphatic rings. The monoisotopic (exact) mass is 527 g/mol. The molecule has 1 aliphatic heterocycles. The number of rotatable bonds is 7. The standard InChI is InChI=1S/C26H26FN3O4S2/c1-3-19-23(35)22(28-10-12-29(13-11-28)24(31)20-9-6-14-36-20)21(26(33)34-4-2)25(32)30(19)16-17-7-5-8-18(27)15-17/h3,5-9,14-15,35H,1,4,10-13,16H2,2H3. The van der Waals surface area contributed by atoms with Gasteiger partial charge in [0.15, 0.2) is 0 Å². The van der Waals surface area contributed by atoms with Crippen molar-refractivity contribution in [1.82, 2.24) is 9.47 Å². The molecule has 36 heavy (non-hydrogen) atoms. The SMILES string of the molecule is C=Cc1c(S)c(N2CCN(C(=O)c3cccs3)CC2)c(C(=O)OCC)c(=O)n1Cc1cccc(F)c1. The summed E-state index contributed by atoms with van der Waals surface area (Å²) in [5, 5.41) is 1.86. The molecule has 0 N–H and O–H groups in total. The summed E-state index contributed by atoms with van der Waals surface area (Å²) in [5.41, 5.74) is 0.610. The van der Waals surface area contributed by atoms with E-state index in [4.69, 9.17) is 17.4 Å². The Kier molecular flexibility index (Phi) is 7.95. The van der Waals surface area contributed by atoms with Crippen LogP contribution < -0.4 is 10.5 Å². The van der Waals surface area contributed by atoms with Gasteiger partial charge in [-0.2, -0.15) is 0 Å². The third-order valence-electron chi connectivity index (χ3n) is 5.97. The number of amides is 1.